The van der Waals surface area contributed by atoms with E-state index in [0.717, 1.165) is 29.4 Å². The minimum absolute atomic E-state index is 0.307. The average Bonchev–Trinajstić information content (AvgIpc) is 3.12. The summed E-state index contributed by atoms with van der Waals surface area (Å²) < 4.78 is 20.5. The lowest BCUT2D eigenvalue weighted by Gasteiger charge is -2.10. The predicted octanol–water partition coefficient (Wildman–Crippen LogP) is 7.31. The summed E-state index contributed by atoms with van der Waals surface area (Å²) in [6.45, 7) is 6.64. The quantitative estimate of drug-likeness (QED) is 0.323. The smallest absolute Gasteiger partial charge is 0.219 e. The summed E-state index contributed by atoms with van der Waals surface area (Å²) in [7, 11) is 0. The summed E-state index contributed by atoms with van der Waals surface area (Å²) in [6, 6.07) is 22.7. The van der Waals surface area contributed by atoms with Crippen LogP contribution in [0.4, 0.5) is 4.39 Å². The molecule has 156 valence electrons. The second-order valence-corrected chi connectivity index (χ2v) is 9.02. The first-order chi connectivity index (χ1) is 14.9. The summed E-state index contributed by atoms with van der Waals surface area (Å²) in [5, 5.41) is 4.90. The van der Waals surface area contributed by atoms with Crippen LogP contribution in [-0.4, -0.2) is 18.0 Å². The highest BCUT2D eigenvalue weighted by atomic mass is 19.1. The first-order valence-electron chi connectivity index (χ1n) is 10.9. The van der Waals surface area contributed by atoms with Crippen molar-refractivity contribution in [1.29, 1.82) is 0 Å². The van der Waals surface area contributed by atoms with Gasteiger partial charge in [-0.1, -0.05) is 61.9 Å². The number of aliphatic imine (C=N–C) groups is 1. The zero-order chi connectivity index (χ0) is 21.6. The number of hydrogen-bond acceptors (Lipinski definition) is 2. The Morgan fingerprint density at radius 3 is 2.23 bits per heavy atom. The van der Waals surface area contributed by atoms with E-state index in [0.29, 0.717) is 18.1 Å². The van der Waals surface area contributed by atoms with Gasteiger partial charge in [0.2, 0.25) is 5.90 Å². The Bertz CT molecular complexity index is 1340. The van der Waals surface area contributed by atoms with Crippen LogP contribution in [-0.2, 0) is 11.2 Å². The fourth-order valence-corrected chi connectivity index (χ4v) is 4.34. The molecule has 4 aromatic carbocycles. The van der Waals surface area contributed by atoms with E-state index in [9.17, 15) is 4.39 Å². The van der Waals surface area contributed by atoms with Crippen molar-refractivity contribution in [3.8, 4) is 11.1 Å². The summed E-state index contributed by atoms with van der Waals surface area (Å²) >= 11 is 0. The lowest BCUT2D eigenvalue weighted by Crippen LogP contribution is -2.17. The number of halogens is 1. The molecule has 0 atom stereocenters. The Labute approximate surface area is 182 Å². The summed E-state index contributed by atoms with van der Waals surface area (Å²) in [5.41, 5.74) is 3.33. The second-order valence-electron chi connectivity index (χ2n) is 9.02. The minimum atomic E-state index is -0.309. The fraction of sp³-hybridized carbons (Fsp3) is 0.250. The van der Waals surface area contributed by atoms with E-state index in [1.807, 2.05) is 19.9 Å². The maximum Gasteiger partial charge on any atom is 0.219 e. The highest BCUT2D eigenvalue weighted by Crippen LogP contribution is 2.32. The van der Waals surface area contributed by atoms with Crippen molar-refractivity contribution in [3.63, 3.8) is 0 Å². The minimum Gasteiger partial charge on any atom is -0.475 e. The van der Waals surface area contributed by atoms with Gasteiger partial charge in [0.05, 0.1) is 11.1 Å². The average molecular weight is 412 g/mol. The molecule has 31 heavy (non-hydrogen) atoms. The molecule has 0 aliphatic carbocycles. The molecule has 0 N–H and O–H groups in total. The van der Waals surface area contributed by atoms with E-state index < -0.39 is 0 Å². The molecule has 0 spiro atoms. The van der Waals surface area contributed by atoms with Gasteiger partial charge >= 0.3 is 0 Å². The summed E-state index contributed by atoms with van der Waals surface area (Å²) in [4.78, 5) is 4.50. The standard InChI is InChI=1S/C28H26FNO/c1-4-5-18-6-11-23-21(14-18)7-8-22-15-19(9-12-24(22)23)20-10-13-25(26(29)16-20)27-30-28(2,3)17-31-27/h6-16H,4-5,17H2,1-3H3. The lowest BCUT2D eigenvalue weighted by atomic mass is 9.95. The van der Waals surface area contributed by atoms with Crippen LogP contribution in [0.1, 0.15) is 38.3 Å². The van der Waals surface area contributed by atoms with Crippen LogP contribution in [0, 0.1) is 5.82 Å². The molecule has 1 heterocycles. The van der Waals surface area contributed by atoms with Gasteiger partial charge < -0.3 is 4.74 Å². The summed E-state index contributed by atoms with van der Waals surface area (Å²) in [6.07, 6.45) is 2.25. The van der Waals surface area contributed by atoms with Gasteiger partial charge in [0.1, 0.15) is 12.4 Å². The topological polar surface area (TPSA) is 21.6 Å². The Kier molecular flexibility index (Phi) is 4.77. The van der Waals surface area contributed by atoms with Crippen LogP contribution in [0.25, 0.3) is 32.7 Å². The van der Waals surface area contributed by atoms with Gasteiger partial charge in [-0.2, -0.15) is 0 Å². The maximum atomic E-state index is 14.9. The molecule has 0 aromatic heterocycles. The maximum absolute atomic E-state index is 14.9. The molecular weight excluding hydrogens is 385 g/mol. The Morgan fingerprint density at radius 1 is 0.871 bits per heavy atom. The molecule has 0 amide bonds. The van der Waals surface area contributed by atoms with Crippen LogP contribution < -0.4 is 0 Å². The molecule has 0 bridgehead atoms. The second kappa shape index (κ2) is 7.49. The molecule has 0 unspecified atom stereocenters. The van der Waals surface area contributed by atoms with Crippen molar-refractivity contribution in [1.82, 2.24) is 0 Å². The molecule has 4 aromatic rings. The first-order valence-corrected chi connectivity index (χ1v) is 10.9. The number of hydrogen-bond donors (Lipinski definition) is 0. The third-order valence-electron chi connectivity index (χ3n) is 5.94. The SMILES string of the molecule is CCCc1ccc2c(ccc3cc(-c4ccc(C5=NC(C)(C)CO5)c(F)c4)ccc32)c1. The van der Waals surface area contributed by atoms with Crippen LogP contribution in [0.2, 0.25) is 0 Å². The monoisotopic (exact) mass is 411 g/mol. The lowest BCUT2D eigenvalue weighted by molar-refractivity contribution is 0.279. The van der Waals surface area contributed by atoms with Gasteiger partial charge in [-0.15, -0.1) is 0 Å². The Morgan fingerprint density at radius 2 is 1.55 bits per heavy atom. The van der Waals surface area contributed by atoms with E-state index in [1.165, 1.54) is 21.7 Å². The number of aryl methyl sites for hydroxylation is 1. The first kappa shape index (κ1) is 19.7. The van der Waals surface area contributed by atoms with Crippen molar-refractivity contribution >= 4 is 27.4 Å². The highest BCUT2D eigenvalue weighted by Gasteiger charge is 2.28. The fourth-order valence-electron chi connectivity index (χ4n) is 4.34. The molecule has 1 aliphatic rings. The zero-order valence-electron chi connectivity index (χ0n) is 18.2. The molecular formula is C28H26FNO. The molecule has 2 nitrogen and oxygen atoms in total. The van der Waals surface area contributed by atoms with Crippen molar-refractivity contribution in [2.75, 3.05) is 6.61 Å². The highest BCUT2D eigenvalue weighted by molar-refractivity contribution is 6.08. The van der Waals surface area contributed by atoms with E-state index in [-0.39, 0.29) is 11.4 Å². The number of rotatable bonds is 4. The van der Waals surface area contributed by atoms with E-state index in [2.05, 4.69) is 60.4 Å². The molecule has 0 radical (unpaired) electrons. The van der Waals surface area contributed by atoms with Crippen LogP contribution in [0.15, 0.2) is 71.7 Å². The predicted molar refractivity (Wildman–Crippen MR) is 127 cm³/mol. The third-order valence-corrected chi connectivity index (χ3v) is 5.94. The van der Waals surface area contributed by atoms with Crippen LogP contribution >= 0.6 is 0 Å². The largest absolute Gasteiger partial charge is 0.475 e. The number of benzene rings is 4. The molecule has 0 saturated carbocycles. The van der Waals surface area contributed by atoms with Gasteiger partial charge in [0.25, 0.3) is 0 Å². The van der Waals surface area contributed by atoms with E-state index >= 15 is 0 Å². The van der Waals surface area contributed by atoms with Gasteiger partial charge in [-0.3, -0.25) is 0 Å². The Balaban J connectivity index is 1.52. The van der Waals surface area contributed by atoms with Crippen molar-refractivity contribution in [2.45, 2.75) is 39.2 Å². The van der Waals surface area contributed by atoms with E-state index in [1.54, 1.807) is 12.1 Å². The molecule has 3 heteroatoms. The molecule has 0 fully saturated rings. The molecule has 1 aliphatic heterocycles. The van der Waals surface area contributed by atoms with Crippen LogP contribution in [0.5, 0.6) is 0 Å². The number of ether oxygens (including phenoxy) is 1. The van der Waals surface area contributed by atoms with Gasteiger partial charge in [0.15, 0.2) is 0 Å². The van der Waals surface area contributed by atoms with Gasteiger partial charge in [-0.25, -0.2) is 9.38 Å². The van der Waals surface area contributed by atoms with Crippen molar-refractivity contribution < 1.29 is 9.13 Å². The Hall–Kier alpha value is -3.20. The summed E-state index contributed by atoms with van der Waals surface area (Å²) in [5.74, 6) is 0.0810. The molecule has 0 saturated heterocycles. The van der Waals surface area contributed by atoms with Crippen molar-refractivity contribution in [3.05, 3.63) is 83.7 Å². The molecule has 5 rings (SSSR count). The van der Waals surface area contributed by atoms with Gasteiger partial charge in [0, 0.05) is 0 Å². The van der Waals surface area contributed by atoms with Gasteiger partial charge in [-0.05, 0) is 76.7 Å². The zero-order valence-corrected chi connectivity index (χ0v) is 18.2. The third kappa shape index (κ3) is 3.69. The van der Waals surface area contributed by atoms with Crippen molar-refractivity contribution in [2.24, 2.45) is 4.99 Å². The number of nitrogens with zero attached hydrogens (tertiary/aromatic N) is 1. The van der Waals surface area contributed by atoms with E-state index in [4.69, 9.17) is 4.74 Å². The number of fused-ring (bicyclic) bond motifs is 3. The van der Waals surface area contributed by atoms with Crippen LogP contribution in [0.3, 0.4) is 0 Å². The normalized spacial score (nSPS) is 15.3.